The van der Waals surface area contributed by atoms with Gasteiger partial charge in [0.15, 0.2) is 0 Å². The van der Waals surface area contributed by atoms with E-state index < -0.39 is 0 Å². The lowest BCUT2D eigenvalue weighted by molar-refractivity contribution is 0.631. The van der Waals surface area contributed by atoms with Crippen molar-refractivity contribution in [1.82, 2.24) is 4.57 Å². The molecule has 0 aliphatic carbocycles. The molecule has 2 heteroatoms. The summed E-state index contributed by atoms with van der Waals surface area (Å²) in [7, 11) is 0. The lowest BCUT2D eigenvalue weighted by Gasteiger charge is -2.35. The number of aromatic nitrogens is 1. The second kappa shape index (κ2) is 12.5. The number of rotatable bonds is 7. The minimum Gasteiger partial charge on any atom is -0.310 e. The minimum atomic E-state index is -0.270. The standard InChI is InChI=1S/C48H42N2/c1-33-18-12-15-25-42(33)48(4,5)43-31-39(50-45-26-16-13-23-40(45)41-24-14-17-27-46(41)50)32-47(35(43)3)49(38-21-10-7-11-22-38)44-29-28-37(30-34(44)2)36-19-8-6-9-20-36/h6-32H,1-5H3. The van der Waals surface area contributed by atoms with Crippen LogP contribution >= 0.6 is 0 Å². The molecule has 7 aromatic carbocycles. The first-order valence-electron chi connectivity index (χ1n) is 17.5. The van der Waals surface area contributed by atoms with Gasteiger partial charge in [0.2, 0.25) is 0 Å². The predicted octanol–water partition coefficient (Wildman–Crippen LogP) is 13.2. The Labute approximate surface area is 295 Å². The zero-order valence-electron chi connectivity index (χ0n) is 29.5. The van der Waals surface area contributed by atoms with Crippen LogP contribution in [0.15, 0.2) is 164 Å². The SMILES string of the molecule is Cc1cc(-c2ccccc2)ccc1N(c1ccccc1)c1cc(-n2c3ccccc3c3ccccc32)cc(C(C)(C)c2ccccc2C)c1C. The molecule has 2 nitrogen and oxygen atoms in total. The Bertz CT molecular complexity index is 2430. The van der Waals surface area contributed by atoms with Crippen LogP contribution in [0.4, 0.5) is 17.1 Å². The van der Waals surface area contributed by atoms with Crippen LogP contribution in [0.1, 0.15) is 41.7 Å². The van der Waals surface area contributed by atoms with Gasteiger partial charge in [0.1, 0.15) is 0 Å². The topological polar surface area (TPSA) is 8.17 Å². The fourth-order valence-corrected chi connectivity index (χ4v) is 8.02. The molecule has 244 valence electrons. The van der Waals surface area contributed by atoms with E-state index in [1.165, 1.54) is 66.4 Å². The highest BCUT2D eigenvalue weighted by molar-refractivity contribution is 6.09. The normalized spacial score (nSPS) is 11.7. The van der Waals surface area contributed by atoms with E-state index in [1.807, 2.05) is 0 Å². The van der Waals surface area contributed by atoms with Crippen molar-refractivity contribution >= 4 is 38.9 Å². The third-order valence-corrected chi connectivity index (χ3v) is 10.5. The van der Waals surface area contributed by atoms with Gasteiger partial charge in [-0.25, -0.2) is 0 Å². The van der Waals surface area contributed by atoms with Gasteiger partial charge in [-0.1, -0.05) is 129 Å². The summed E-state index contributed by atoms with van der Waals surface area (Å²) in [6.45, 7) is 11.5. The van der Waals surface area contributed by atoms with E-state index in [0.717, 1.165) is 17.1 Å². The molecule has 0 spiro atoms. The highest BCUT2D eigenvalue weighted by atomic mass is 15.1. The predicted molar refractivity (Wildman–Crippen MR) is 214 cm³/mol. The molecule has 8 rings (SSSR count). The van der Waals surface area contributed by atoms with Gasteiger partial charge in [-0.2, -0.15) is 0 Å². The molecule has 0 saturated carbocycles. The molecule has 0 N–H and O–H groups in total. The first kappa shape index (κ1) is 31.4. The van der Waals surface area contributed by atoms with Gasteiger partial charge in [-0.15, -0.1) is 0 Å². The lowest BCUT2D eigenvalue weighted by atomic mass is 9.74. The molecular weight excluding hydrogens is 605 g/mol. The summed E-state index contributed by atoms with van der Waals surface area (Å²) in [6.07, 6.45) is 0. The van der Waals surface area contributed by atoms with Gasteiger partial charge in [0, 0.05) is 33.2 Å². The number of anilines is 3. The lowest BCUT2D eigenvalue weighted by Crippen LogP contribution is -2.24. The van der Waals surface area contributed by atoms with Gasteiger partial charge in [-0.05, 0) is 108 Å². The largest absolute Gasteiger partial charge is 0.310 e. The van der Waals surface area contributed by atoms with Crippen molar-refractivity contribution in [3.05, 3.63) is 192 Å². The van der Waals surface area contributed by atoms with E-state index in [1.54, 1.807) is 0 Å². The average Bonchev–Trinajstić information content (AvgIpc) is 3.48. The Kier molecular flexibility index (Phi) is 7.88. The molecule has 50 heavy (non-hydrogen) atoms. The maximum Gasteiger partial charge on any atom is 0.0541 e. The van der Waals surface area contributed by atoms with E-state index in [-0.39, 0.29) is 5.41 Å². The molecule has 0 amide bonds. The monoisotopic (exact) mass is 646 g/mol. The van der Waals surface area contributed by atoms with Crippen molar-refractivity contribution in [3.8, 4) is 16.8 Å². The molecule has 0 unspecified atom stereocenters. The van der Waals surface area contributed by atoms with Crippen LogP contribution in [0, 0.1) is 20.8 Å². The van der Waals surface area contributed by atoms with Crippen molar-refractivity contribution < 1.29 is 0 Å². The molecule has 0 fully saturated rings. The Hall–Kier alpha value is -5.86. The summed E-state index contributed by atoms with van der Waals surface area (Å²) < 4.78 is 2.46. The molecule has 0 radical (unpaired) electrons. The zero-order valence-corrected chi connectivity index (χ0v) is 29.5. The molecule has 8 aromatic rings. The number of aryl methyl sites for hydroxylation is 2. The van der Waals surface area contributed by atoms with Crippen LogP contribution in [0.3, 0.4) is 0 Å². The van der Waals surface area contributed by atoms with Crippen LogP contribution in [-0.4, -0.2) is 4.57 Å². The first-order chi connectivity index (χ1) is 24.3. The van der Waals surface area contributed by atoms with E-state index in [4.69, 9.17) is 0 Å². The maximum absolute atomic E-state index is 2.47. The summed E-state index contributed by atoms with van der Waals surface area (Å²) in [5.41, 5.74) is 15.6. The molecule has 0 aliphatic heterocycles. The molecule has 0 saturated heterocycles. The number of nitrogens with zero attached hydrogens (tertiary/aromatic N) is 2. The average molecular weight is 647 g/mol. The van der Waals surface area contributed by atoms with Gasteiger partial charge < -0.3 is 9.47 Å². The molecule has 0 aliphatic rings. The van der Waals surface area contributed by atoms with E-state index in [9.17, 15) is 0 Å². The maximum atomic E-state index is 2.47. The summed E-state index contributed by atoms with van der Waals surface area (Å²) in [6, 6.07) is 59.6. The highest BCUT2D eigenvalue weighted by Crippen LogP contribution is 2.46. The Morgan fingerprint density at radius 3 is 1.68 bits per heavy atom. The van der Waals surface area contributed by atoms with Crippen molar-refractivity contribution in [2.75, 3.05) is 4.90 Å². The Morgan fingerprint density at radius 1 is 0.460 bits per heavy atom. The number of fused-ring (bicyclic) bond motifs is 3. The number of para-hydroxylation sites is 3. The number of hydrogen-bond acceptors (Lipinski definition) is 1. The van der Waals surface area contributed by atoms with E-state index in [0.29, 0.717) is 0 Å². The minimum absolute atomic E-state index is 0.270. The fraction of sp³-hybridized carbons (Fsp3) is 0.125. The Balaban J connectivity index is 1.44. The van der Waals surface area contributed by atoms with E-state index in [2.05, 4.69) is 208 Å². The molecule has 1 heterocycles. The summed E-state index contributed by atoms with van der Waals surface area (Å²) >= 11 is 0. The van der Waals surface area contributed by atoms with Crippen molar-refractivity contribution in [3.63, 3.8) is 0 Å². The van der Waals surface area contributed by atoms with Crippen LogP contribution < -0.4 is 4.90 Å². The van der Waals surface area contributed by atoms with Gasteiger partial charge in [0.25, 0.3) is 0 Å². The summed E-state index contributed by atoms with van der Waals surface area (Å²) in [5, 5.41) is 2.52. The molecule has 0 atom stereocenters. The van der Waals surface area contributed by atoms with Crippen molar-refractivity contribution in [1.29, 1.82) is 0 Å². The third-order valence-electron chi connectivity index (χ3n) is 10.5. The van der Waals surface area contributed by atoms with Crippen LogP contribution in [0.5, 0.6) is 0 Å². The second-order valence-electron chi connectivity index (χ2n) is 14.0. The zero-order chi connectivity index (χ0) is 34.4. The van der Waals surface area contributed by atoms with Crippen molar-refractivity contribution in [2.45, 2.75) is 40.0 Å². The van der Waals surface area contributed by atoms with Crippen LogP contribution in [0.2, 0.25) is 0 Å². The smallest absolute Gasteiger partial charge is 0.0541 e. The Morgan fingerprint density at radius 2 is 1.04 bits per heavy atom. The second-order valence-corrected chi connectivity index (χ2v) is 14.0. The first-order valence-corrected chi connectivity index (χ1v) is 17.5. The van der Waals surface area contributed by atoms with Gasteiger partial charge in [0.05, 0.1) is 16.7 Å². The van der Waals surface area contributed by atoms with Gasteiger partial charge in [-0.3, -0.25) is 0 Å². The van der Waals surface area contributed by atoms with Crippen LogP contribution in [0.25, 0.3) is 38.6 Å². The molecule has 1 aromatic heterocycles. The highest BCUT2D eigenvalue weighted by Gasteiger charge is 2.30. The molecule has 0 bridgehead atoms. The summed E-state index contributed by atoms with van der Waals surface area (Å²) in [5.74, 6) is 0. The quantitative estimate of drug-likeness (QED) is 0.167. The van der Waals surface area contributed by atoms with Crippen molar-refractivity contribution in [2.24, 2.45) is 0 Å². The third kappa shape index (κ3) is 5.29. The van der Waals surface area contributed by atoms with Gasteiger partial charge >= 0.3 is 0 Å². The number of hydrogen-bond donors (Lipinski definition) is 0. The molecular formula is C48H42N2. The summed E-state index contributed by atoms with van der Waals surface area (Å²) in [4.78, 5) is 2.47. The van der Waals surface area contributed by atoms with Crippen LogP contribution in [-0.2, 0) is 5.41 Å². The number of benzene rings is 7. The van der Waals surface area contributed by atoms with E-state index >= 15 is 0 Å². The fourth-order valence-electron chi connectivity index (χ4n) is 8.02.